The Bertz CT molecular complexity index is 529. The van der Waals surface area contributed by atoms with Crippen LogP contribution in [-0.2, 0) is 6.54 Å². The maximum atomic E-state index is 5.14. The van der Waals surface area contributed by atoms with E-state index in [9.17, 15) is 0 Å². The van der Waals surface area contributed by atoms with Crippen LogP contribution in [0.5, 0.6) is 0 Å². The number of nitrogens with zero attached hydrogens (tertiary/aromatic N) is 2. The minimum atomic E-state index is 0.656. The lowest BCUT2D eigenvalue weighted by atomic mass is 10.2. The fourth-order valence-electron chi connectivity index (χ4n) is 1.38. The summed E-state index contributed by atoms with van der Waals surface area (Å²) in [5.74, 6) is 0.899. The number of nitrogens with one attached hydrogen (secondary N) is 1. The minimum Gasteiger partial charge on any atom is -0.300 e. The van der Waals surface area contributed by atoms with Gasteiger partial charge in [0.25, 0.3) is 0 Å². The van der Waals surface area contributed by atoms with Gasteiger partial charge in [-0.3, -0.25) is 9.67 Å². The average molecular weight is 284 g/mol. The van der Waals surface area contributed by atoms with Crippen molar-refractivity contribution in [1.29, 1.82) is 0 Å². The molecule has 1 heterocycles. The molecule has 2 rings (SSSR count). The fourth-order valence-corrected chi connectivity index (χ4v) is 2.03. The Morgan fingerprint density at radius 1 is 1.47 bits per heavy atom. The molecule has 0 fully saturated rings. The maximum absolute atomic E-state index is 5.14. The molecule has 0 amide bonds. The molecule has 0 saturated carbocycles. The number of aryl methyl sites for hydroxylation is 1. The molecule has 0 saturated heterocycles. The molecule has 5 heteroatoms. The minimum absolute atomic E-state index is 0.656. The second kappa shape index (κ2) is 4.28. The van der Waals surface area contributed by atoms with Gasteiger partial charge in [0.15, 0.2) is 4.77 Å². The Balaban J connectivity index is 2.38. The van der Waals surface area contributed by atoms with Crippen LogP contribution in [0, 0.1) is 11.7 Å². The van der Waals surface area contributed by atoms with E-state index in [2.05, 4.69) is 32.2 Å². The van der Waals surface area contributed by atoms with Crippen molar-refractivity contribution in [2.45, 2.75) is 13.5 Å². The Morgan fingerprint density at radius 3 is 2.80 bits per heavy atom. The van der Waals surface area contributed by atoms with Crippen LogP contribution in [0.15, 0.2) is 28.7 Å². The lowest BCUT2D eigenvalue weighted by molar-refractivity contribution is 0.749. The first-order valence-corrected chi connectivity index (χ1v) is 5.74. The SMILES string of the molecule is Cc1n[nH]c(=S)n1Cc1ccccc1Br. The van der Waals surface area contributed by atoms with Crippen molar-refractivity contribution in [2.24, 2.45) is 0 Å². The predicted octanol–water partition coefficient (Wildman–Crippen LogP) is 3.06. The van der Waals surface area contributed by atoms with Gasteiger partial charge in [0.05, 0.1) is 6.54 Å². The van der Waals surface area contributed by atoms with Gasteiger partial charge in [0, 0.05) is 4.47 Å². The van der Waals surface area contributed by atoms with E-state index in [1.807, 2.05) is 29.7 Å². The van der Waals surface area contributed by atoms with Gasteiger partial charge in [-0.05, 0) is 30.8 Å². The summed E-state index contributed by atoms with van der Waals surface area (Å²) < 4.78 is 3.71. The van der Waals surface area contributed by atoms with Gasteiger partial charge in [0.1, 0.15) is 5.82 Å². The molecular weight excluding hydrogens is 274 g/mol. The maximum Gasteiger partial charge on any atom is 0.195 e. The third-order valence-corrected chi connectivity index (χ3v) is 3.32. The molecule has 15 heavy (non-hydrogen) atoms. The second-order valence-electron chi connectivity index (χ2n) is 3.25. The van der Waals surface area contributed by atoms with Crippen molar-refractivity contribution >= 4 is 28.1 Å². The van der Waals surface area contributed by atoms with Crippen LogP contribution < -0.4 is 0 Å². The lowest BCUT2D eigenvalue weighted by Gasteiger charge is -2.06. The largest absolute Gasteiger partial charge is 0.300 e. The highest BCUT2D eigenvalue weighted by atomic mass is 79.9. The number of aromatic amines is 1. The highest BCUT2D eigenvalue weighted by molar-refractivity contribution is 9.10. The monoisotopic (exact) mass is 283 g/mol. The summed E-state index contributed by atoms with van der Waals surface area (Å²) in [5.41, 5.74) is 1.19. The number of aromatic nitrogens is 3. The summed E-state index contributed by atoms with van der Waals surface area (Å²) in [6.07, 6.45) is 0. The van der Waals surface area contributed by atoms with Gasteiger partial charge in [-0.2, -0.15) is 5.10 Å². The highest BCUT2D eigenvalue weighted by Crippen LogP contribution is 2.17. The van der Waals surface area contributed by atoms with Crippen molar-refractivity contribution in [3.63, 3.8) is 0 Å². The number of hydrogen-bond donors (Lipinski definition) is 1. The molecular formula is C10H10BrN3S. The van der Waals surface area contributed by atoms with Crippen LogP contribution in [0.4, 0.5) is 0 Å². The summed E-state index contributed by atoms with van der Waals surface area (Å²) in [6.45, 7) is 2.67. The molecule has 0 bridgehead atoms. The van der Waals surface area contributed by atoms with E-state index in [1.165, 1.54) is 5.56 Å². The number of halogens is 1. The van der Waals surface area contributed by atoms with E-state index < -0.39 is 0 Å². The Hall–Kier alpha value is -0.940. The first kappa shape index (κ1) is 10.6. The third-order valence-electron chi connectivity index (χ3n) is 2.24. The van der Waals surface area contributed by atoms with E-state index in [1.54, 1.807) is 0 Å². The number of rotatable bonds is 2. The summed E-state index contributed by atoms with van der Waals surface area (Å²) in [7, 11) is 0. The molecule has 2 aromatic rings. The summed E-state index contributed by atoms with van der Waals surface area (Å²) in [6, 6.07) is 8.10. The van der Waals surface area contributed by atoms with Crippen LogP contribution in [-0.4, -0.2) is 14.8 Å². The zero-order chi connectivity index (χ0) is 10.8. The molecule has 1 aromatic heterocycles. The normalized spacial score (nSPS) is 10.5. The zero-order valence-corrected chi connectivity index (χ0v) is 10.6. The van der Waals surface area contributed by atoms with Crippen molar-refractivity contribution in [3.05, 3.63) is 44.9 Å². The van der Waals surface area contributed by atoms with Gasteiger partial charge in [0.2, 0.25) is 0 Å². The van der Waals surface area contributed by atoms with E-state index in [0.717, 1.165) is 16.8 Å². The molecule has 0 aliphatic rings. The van der Waals surface area contributed by atoms with E-state index in [4.69, 9.17) is 12.2 Å². The Morgan fingerprint density at radius 2 is 2.20 bits per heavy atom. The molecule has 0 radical (unpaired) electrons. The molecule has 1 aromatic carbocycles. The lowest BCUT2D eigenvalue weighted by Crippen LogP contribution is -2.02. The van der Waals surface area contributed by atoms with Crippen LogP contribution >= 0.6 is 28.1 Å². The third kappa shape index (κ3) is 2.18. The van der Waals surface area contributed by atoms with Crippen LogP contribution in [0.1, 0.15) is 11.4 Å². The Kier molecular flexibility index (Phi) is 3.02. The van der Waals surface area contributed by atoms with Gasteiger partial charge < -0.3 is 0 Å². The van der Waals surface area contributed by atoms with Crippen molar-refractivity contribution in [3.8, 4) is 0 Å². The first-order chi connectivity index (χ1) is 7.18. The van der Waals surface area contributed by atoms with Gasteiger partial charge in [-0.15, -0.1) is 0 Å². The van der Waals surface area contributed by atoms with Crippen LogP contribution in [0.25, 0.3) is 0 Å². The smallest absolute Gasteiger partial charge is 0.195 e. The van der Waals surface area contributed by atoms with E-state index >= 15 is 0 Å². The van der Waals surface area contributed by atoms with Crippen LogP contribution in [0.3, 0.4) is 0 Å². The highest BCUT2D eigenvalue weighted by Gasteiger charge is 2.04. The van der Waals surface area contributed by atoms with Crippen molar-refractivity contribution in [2.75, 3.05) is 0 Å². The topological polar surface area (TPSA) is 33.6 Å². The predicted molar refractivity (Wildman–Crippen MR) is 65.4 cm³/mol. The molecule has 0 unspecified atom stereocenters. The van der Waals surface area contributed by atoms with E-state index in [0.29, 0.717) is 4.77 Å². The van der Waals surface area contributed by atoms with Gasteiger partial charge in [-0.25, -0.2) is 0 Å². The standard InChI is InChI=1S/C10H10BrN3S/c1-7-12-13-10(15)14(7)6-8-4-2-3-5-9(8)11/h2-5H,6H2,1H3,(H,13,15). The quantitative estimate of drug-likeness (QED) is 0.860. The second-order valence-corrected chi connectivity index (χ2v) is 4.49. The summed E-state index contributed by atoms with van der Waals surface area (Å²) in [5, 5.41) is 6.85. The molecule has 3 nitrogen and oxygen atoms in total. The molecule has 78 valence electrons. The molecule has 0 aliphatic heterocycles. The zero-order valence-electron chi connectivity index (χ0n) is 8.20. The molecule has 0 spiro atoms. The van der Waals surface area contributed by atoms with Crippen molar-refractivity contribution in [1.82, 2.24) is 14.8 Å². The first-order valence-electron chi connectivity index (χ1n) is 4.53. The number of H-pyrrole nitrogens is 1. The summed E-state index contributed by atoms with van der Waals surface area (Å²) in [4.78, 5) is 0. The molecule has 0 aliphatic carbocycles. The van der Waals surface area contributed by atoms with Gasteiger partial charge in [-0.1, -0.05) is 34.1 Å². The fraction of sp³-hybridized carbons (Fsp3) is 0.200. The van der Waals surface area contributed by atoms with Crippen LogP contribution in [0.2, 0.25) is 0 Å². The Labute approximate surface area is 101 Å². The number of benzene rings is 1. The average Bonchev–Trinajstić information content (AvgIpc) is 2.53. The summed E-state index contributed by atoms with van der Waals surface area (Å²) >= 11 is 8.66. The van der Waals surface area contributed by atoms with Gasteiger partial charge >= 0.3 is 0 Å². The molecule has 1 N–H and O–H groups in total. The number of hydrogen-bond acceptors (Lipinski definition) is 2. The molecule has 0 atom stereocenters. The van der Waals surface area contributed by atoms with Crippen molar-refractivity contribution < 1.29 is 0 Å². The van der Waals surface area contributed by atoms with E-state index in [-0.39, 0.29) is 0 Å².